The van der Waals surface area contributed by atoms with Gasteiger partial charge in [-0.1, -0.05) is 12.1 Å². The van der Waals surface area contributed by atoms with Crippen LogP contribution in [0.15, 0.2) is 24.3 Å². The van der Waals surface area contributed by atoms with Crippen molar-refractivity contribution in [2.45, 2.75) is 6.04 Å². The van der Waals surface area contributed by atoms with E-state index in [0.29, 0.717) is 12.1 Å². The molecule has 16 heavy (non-hydrogen) atoms. The number of hydrogen-bond acceptors (Lipinski definition) is 3. The molecule has 0 aromatic heterocycles. The van der Waals surface area contributed by atoms with Crippen LogP contribution in [0.2, 0.25) is 0 Å². The van der Waals surface area contributed by atoms with Crippen LogP contribution in [0.3, 0.4) is 0 Å². The summed E-state index contributed by atoms with van der Waals surface area (Å²) in [5.41, 5.74) is 1.38. The predicted molar refractivity (Wildman–Crippen MR) is 57.1 cm³/mol. The van der Waals surface area contributed by atoms with Crippen LogP contribution in [0.5, 0.6) is 0 Å². The van der Waals surface area contributed by atoms with Crippen LogP contribution >= 0.6 is 0 Å². The van der Waals surface area contributed by atoms with E-state index in [0.717, 1.165) is 5.56 Å². The standard InChI is InChI=1S/C11H12N2O3/c1-16-10(14)8-4-2-3-7(5-8)9-6-12-11(15)13-9/h2-5,9H,6H2,1H3,(H2,12,13,15)/t9-/m1/s1. The summed E-state index contributed by atoms with van der Waals surface area (Å²) in [6.45, 7) is 0.531. The van der Waals surface area contributed by atoms with Crippen molar-refractivity contribution in [1.82, 2.24) is 10.6 Å². The smallest absolute Gasteiger partial charge is 0.337 e. The molecule has 0 saturated carbocycles. The second-order valence-corrected chi connectivity index (χ2v) is 3.52. The van der Waals surface area contributed by atoms with E-state index < -0.39 is 0 Å². The van der Waals surface area contributed by atoms with Gasteiger partial charge < -0.3 is 15.4 Å². The Kier molecular flexibility index (Phi) is 2.76. The molecule has 5 nitrogen and oxygen atoms in total. The molecule has 0 spiro atoms. The molecular weight excluding hydrogens is 208 g/mol. The van der Waals surface area contributed by atoms with Gasteiger partial charge >= 0.3 is 12.0 Å². The molecule has 0 radical (unpaired) electrons. The SMILES string of the molecule is COC(=O)c1cccc([C@H]2CNC(=O)N2)c1. The molecule has 1 heterocycles. The second-order valence-electron chi connectivity index (χ2n) is 3.52. The lowest BCUT2D eigenvalue weighted by Gasteiger charge is -2.09. The summed E-state index contributed by atoms with van der Waals surface area (Å²) < 4.78 is 4.63. The molecule has 84 valence electrons. The first kappa shape index (κ1) is 10.5. The highest BCUT2D eigenvalue weighted by Gasteiger charge is 2.22. The Bertz CT molecular complexity index is 431. The molecule has 2 rings (SSSR count). The van der Waals surface area contributed by atoms with E-state index in [1.54, 1.807) is 18.2 Å². The van der Waals surface area contributed by atoms with E-state index in [4.69, 9.17) is 0 Å². The Labute approximate surface area is 92.8 Å². The summed E-state index contributed by atoms with van der Waals surface area (Å²) >= 11 is 0. The van der Waals surface area contributed by atoms with Crippen LogP contribution in [0.1, 0.15) is 22.0 Å². The monoisotopic (exact) mass is 220 g/mol. The minimum Gasteiger partial charge on any atom is -0.465 e. The number of urea groups is 1. The quantitative estimate of drug-likeness (QED) is 0.725. The van der Waals surface area contributed by atoms with Gasteiger partial charge in [-0.15, -0.1) is 0 Å². The third-order valence-corrected chi connectivity index (χ3v) is 2.48. The molecule has 1 fully saturated rings. The van der Waals surface area contributed by atoms with Crippen LogP contribution in [0, 0.1) is 0 Å². The third-order valence-electron chi connectivity index (χ3n) is 2.48. The fourth-order valence-corrected chi connectivity index (χ4v) is 1.66. The lowest BCUT2D eigenvalue weighted by atomic mass is 10.0. The molecule has 0 bridgehead atoms. The maximum atomic E-state index is 11.3. The van der Waals surface area contributed by atoms with Crippen LogP contribution in [0.4, 0.5) is 4.79 Å². The molecule has 1 aromatic rings. The molecule has 2 amide bonds. The topological polar surface area (TPSA) is 67.4 Å². The van der Waals surface area contributed by atoms with Gasteiger partial charge in [-0.25, -0.2) is 9.59 Å². The lowest BCUT2D eigenvalue weighted by Crippen LogP contribution is -2.21. The van der Waals surface area contributed by atoms with Gasteiger partial charge in [0.15, 0.2) is 0 Å². The highest BCUT2D eigenvalue weighted by molar-refractivity contribution is 5.89. The van der Waals surface area contributed by atoms with E-state index in [1.165, 1.54) is 7.11 Å². The number of methoxy groups -OCH3 is 1. The van der Waals surface area contributed by atoms with E-state index in [2.05, 4.69) is 15.4 Å². The molecule has 0 unspecified atom stereocenters. The summed E-state index contributed by atoms with van der Waals surface area (Å²) in [5, 5.41) is 5.42. The maximum absolute atomic E-state index is 11.3. The van der Waals surface area contributed by atoms with E-state index in [-0.39, 0.29) is 18.0 Å². The van der Waals surface area contributed by atoms with Gasteiger partial charge in [-0.2, -0.15) is 0 Å². The first-order chi connectivity index (χ1) is 7.70. The van der Waals surface area contributed by atoms with Crippen LogP contribution in [-0.2, 0) is 4.74 Å². The fourth-order valence-electron chi connectivity index (χ4n) is 1.66. The van der Waals surface area contributed by atoms with E-state index in [1.807, 2.05) is 6.07 Å². The Morgan fingerprint density at radius 3 is 2.94 bits per heavy atom. The molecule has 0 aliphatic carbocycles. The summed E-state index contributed by atoms with van der Waals surface area (Å²) in [5.74, 6) is -0.376. The second kappa shape index (κ2) is 4.22. The zero-order valence-electron chi connectivity index (χ0n) is 8.82. The molecule has 1 atom stereocenters. The molecule has 1 aromatic carbocycles. The number of nitrogens with one attached hydrogen (secondary N) is 2. The number of carbonyl (C=O) groups excluding carboxylic acids is 2. The number of esters is 1. The van der Waals surface area contributed by atoms with Crippen molar-refractivity contribution in [1.29, 1.82) is 0 Å². The van der Waals surface area contributed by atoms with Gasteiger partial charge in [-0.3, -0.25) is 0 Å². The van der Waals surface area contributed by atoms with Crippen molar-refractivity contribution in [2.24, 2.45) is 0 Å². The first-order valence-electron chi connectivity index (χ1n) is 4.93. The van der Waals surface area contributed by atoms with Gasteiger partial charge in [0.05, 0.1) is 18.7 Å². The van der Waals surface area contributed by atoms with Gasteiger partial charge in [0, 0.05) is 6.54 Å². The Hall–Kier alpha value is -2.04. The third kappa shape index (κ3) is 1.98. The zero-order valence-corrected chi connectivity index (χ0v) is 8.82. The van der Waals surface area contributed by atoms with E-state index in [9.17, 15) is 9.59 Å². The normalized spacial score (nSPS) is 18.8. The minimum absolute atomic E-state index is 0.0860. The largest absolute Gasteiger partial charge is 0.465 e. The molecule has 1 aliphatic heterocycles. The Balaban J connectivity index is 2.22. The number of carbonyl (C=O) groups is 2. The van der Waals surface area contributed by atoms with Crippen LogP contribution in [0.25, 0.3) is 0 Å². The average molecular weight is 220 g/mol. The summed E-state index contributed by atoms with van der Waals surface area (Å²) in [6.07, 6.45) is 0. The highest BCUT2D eigenvalue weighted by Crippen LogP contribution is 2.17. The first-order valence-corrected chi connectivity index (χ1v) is 4.93. The number of amides is 2. The van der Waals surface area contributed by atoms with Crippen molar-refractivity contribution in [2.75, 3.05) is 13.7 Å². The molecular formula is C11H12N2O3. The Morgan fingerprint density at radius 2 is 2.31 bits per heavy atom. The summed E-state index contributed by atoms with van der Waals surface area (Å²) in [6, 6.07) is 6.77. The number of rotatable bonds is 2. The van der Waals surface area contributed by atoms with Crippen molar-refractivity contribution < 1.29 is 14.3 Å². The van der Waals surface area contributed by atoms with Crippen LogP contribution in [-0.4, -0.2) is 25.7 Å². The molecule has 5 heteroatoms. The molecule has 2 N–H and O–H groups in total. The highest BCUT2D eigenvalue weighted by atomic mass is 16.5. The maximum Gasteiger partial charge on any atom is 0.337 e. The molecule has 1 aliphatic rings. The van der Waals surface area contributed by atoms with E-state index >= 15 is 0 Å². The predicted octanol–water partition coefficient (Wildman–Crippen LogP) is 0.827. The molecule has 1 saturated heterocycles. The van der Waals surface area contributed by atoms with Crippen molar-refractivity contribution >= 4 is 12.0 Å². The van der Waals surface area contributed by atoms with Crippen molar-refractivity contribution in [3.63, 3.8) is 0 Å². The summed E-state index contributed by atoms with van der Waals surface area (Å²) in [4.78, 5) is 22.3. The number of hydrogen-bond donors (Lipinski definition) is 2. The number of benzene rings is 1. The zero-order chi connectivity index (χ0) is 11.5. The lowest BCUT2D eigenvalue weighted by molar-refractivity contribution is 0.0600. The fraction of sp³-hybridized carbons (Fsp3) is 0.273. The minimum atomic E-state index is -0.376. The van der Waals surface area contributed by atoms with Crippen molar-refractivity contribution in [3.05, 3.63) is 35.4 Å². The Morgan fingerprint density at radius 1 is 1.50 bits per heavy atom. The van der Waals surface area contributed by atoms with Gasteiger partial charge in [0.25, 0.3) is 0 Å². The average Bonchev–Trinajstić information content (AvgIpc) is 2.75. The van der Waals surface area contributed by atoms with Gasteiger partial charge in [0.1, 0.15) is 0 Å². The number of ether oxygens (including phenoxy) is 1. The van der Waals surface area contributed by atoms with Crippen molar-refractivity contribution in [3.8, 4) is 0 Å². The van der Waals surface area contributed by atoms with Crippen LogP contribution < -0.4 is 10.6 Å². The van der Waals surface area contributed by atoms with Gasteiger partial charge in [0.2, 0.25) is 0 Å². The summed E-state index contributed by atoms with van der Waals surface area (Å²) in [7, 11) is 1.34. The van der Waals surface area contributed by atoms with Gasteiger partial charge in [-0.05, 0) is 17.7 Å².